The lowest BCUT2D eigenvalue weighted by molar-refractivity contribution is -0.132. The van der Waals surface area contributed by atoms with Gasteiger partial charge in [-0.2, -0.15) is 0 Å². The Morgan fingerprint density at radius 3 is 2.11 bits per heavy atom. The average Bonchev–Trinajstić information content (AvgIpc) is 2.69. The van der Waals surface area contributed by atoms with Crippen LogP contribution in [0.3, 0.4) is 0 Å². The minimum atomic E-state index is -0.631. The van der Waals surface area contributed by atoms with E-state index in [9.17, 15) is 9.59 Å². The number of hydrogen-bond donors (Lipinski definition) is 0. The number of piperidine rings is 1. The first-order chi connectivity index (χ1) is 13.2. The maximum Gasteiger partial charge on any atom is 0.417 e. The predicted molar refractivity (Wildman–Crippen MR) is 112 cm³/mol. The van der Waals surface area contributed by atoms with Crippen LogP contribution < -0.4 is 9.47 Å². The molecular formula is C22H37NO5. The van der Waals surface area contributed by atoms with Crippen LogP contribution >= 0.6 is 0 Å². The van der Waals surface area contributed by atoms with Crippen molar-refractivity contribution in [2.45, 2.75) is 72.8 Å². The average molecular weight is 396 g/mol. The molecule has 1 fully saturated rings. The van der Waals surface area contributed by atoms with Gasteiger partial charge in [0.25, 0.3) is 0 Å². The summed E-state index contributed by atoms with van der Waals surface area (Å²) in [5.74, 6) is 1.14. The van der Waals surface area contributed by atoms with E-state index < -0.39 is 11.7 Å². The number of ether oxygens (including phenoxy) is 3. The van der Waals surface area contributed by atoms with Crippen molar-refractivity contribution in [1.82, 2.24) is 4.90 Å². The predicted octanol–water partition coefficient (Wildman–Crippen LogP) is 5.40. The summed E-state index contributed by atoms with van der Waals surface area (Å²) in [6.07, 6.45) is 0.420. The molecule has 2 rings (SSSR count). The maximum atomic E-state index is 12.3. The number of rotatable bonds is 3. The normalized spacial score (nSPS) is 16.1. The molecule has 1 atom stereocenters. The van der Waals surface area contributed by atoms with Gasteiger partial charge in [0.05, 0.1) is 14.2 Å². The number of amides is 2. The van der Waals surface area contributed by atoms with Crippen LogP contribution in [0.5, 0.6) is 11.5 Å². The van der Waals surface area contributed by atoms with Crippen LogP contribution in [0.4, 0.5) is 4.79 Å². The zero-order valence-electron chi connectivity index (χ0n) is 18.9. The van der Waals surface area contributed by atoms with Gasteiger partial charge in [0, 0.05) is 18.9 Å². The molecule has 1 saturated heterocycles. The standard InChI is InChI=1S/C18H25NO5.2C2H6/c1-18(2,3)24-17(21)19-11-13(7-9-16(19)20)12-6-8-14(22-4)15(10-12)23-5;2*1-2/h6,8,10,13H,7,9,11H2,1-5H3;2*1-2H3/t13-;;/m1../s1. The Hall–Kier alpha value is -2.24. The summed E-state index contributed by atoms with van der Waals surface area (Å²) in [6.45, 7) is 13.7. The molecule has 1 aliphatic rings. The lowest BCUT2D eigenvalue weighted by atomic mass is 9.90. The molecule has 0 saturated carbocycles. The molecule has 6 nitrogen and oxygen atoms in total. The molecule has 1 aromatic carbocycles. The van der Waals surface area contributed by atoms with Crippen molar-refractivity contribution in [2.75, 3.05) is 20.8 Å². The molecule has 0 radical (unpaired) electrons. The smallest absolute Gasteiger partial charge is 0.417 e. The Kier molecular flexibility index (Phi) is 11.3. The van der Waals surface area contributed by atoms with Gasteiger partial charge in [-0.3, -0.25) is 4.79 Å². The van der Waals surface area contributed by atoms with Crippen molar-refractivity contribution in [3.63, 3.8) is 0 Å². The number of hydrogen-bond acceptors (Lipinski definition) is 5. The van der Waals surface area contributed by atoms with Crippen molar-refractivity contribution in [2.24, 2.45) is 0 Å². The fourth-order valence-electron chi connectivity index (χ4n) is 2.72. The number of imide groups is 1. The number of carbonyl (C=O) groups excluding carboxylic acids is 2. The summed E-state index contributed by atoms with van der Waals surface area (Å²) in [6, 6.07) is 5.67. The van der Waals surface area contributed by atoms with E-state index >= 15 is 0 Å². The third kappa shape index (κ3) is 7.41. The van der Waals surface area contributed by atoms with Crippen molar-refractivity contribution >= 4 is 12.0 Å². The van der Waals surface area contributed by atoms with E-state index in [0.29, 0.717) is 30.9 Å². The highest BCUT2D eigenvalue weighted by Gasteiger charge is 2.34. The summed E-state index contributed by atoms with van der Waals surface area (Å²) in [5.41, 5.74) is 0.377. The number of nitrogens with zero attached hydrogens (tertiary/aromatic N) is 1. The molecule has 6 heteroatoms. The Morgan fingerprint density at radius 1 is 1.04 bits per heavy atom. The molecule has 1 aliphatic heterocycles. The molecule has 0 spiro atoms. The fraction of sp³-hybridized carbons (Fsp3) is 0.636. The van der Waals surface area contributed by atoms with E-state index in [4.69, 9.17) is 14.2 Å². The van der Waals surface area contributed by atoms with E-state index in [1.54, 1.807) is 35.0 Å². The second-order valence-electron chi connectivity index (χ2n) is 6.83. The van der Waals surface area contributed by atoms with Crippen LogP contribution in [0.15, 0.2) is 18.2 Å². The quantitative estimate of drug-likeness (QED) is 0.686. The van der Waals surface area contributed by atoms with E-state index in [1.165, 1.54) is 4.90 Å². The summed E-state index contributed by atoms with van der Waals surface area (Å²) in [4.78, 5) is 25.6. The number of carbonyl (C=O) groups is 2. The zero-order valence-corrected chi connectivity index (χ0v) is 18.9. The van der Waals surface area contributed by atoms with Crippen molar-refractivity contribution in [3.05, 3.63) is 23.8 Å². The molecule has 0 unspecified atom stereocenters. The lowest BCUT2D eigenvalue weighted by Crippen LogP contribution is -2.45. The largest absolute Gasteiger partial charge is 0.493 e. The maximum absolute atomic E-state index is 12.3. The number of benzene rings is 1. The molecule has 1 heterocycles. The Balaban J connectivity index is 0.00000171. The summed E-state index contributed by atoms with van der Waals surface area (Å²) in [7, 11) is 3.17. The fourth-order valence-corrected chi connectivity index (χ4v) is 2.72. The minimum absolute atomic E-state index is 0.0509. The van der Waals surface area contributed by atoms with Crippen LogP contribution in [0, 0.1) is 0 Å². The van der Waals surface area contributed by atoms with E-state index in [2.05, 4.69) is 0 Å². The minimum Gasteiger partial charge on any atom is -0.493 e. The van der Waals surface area contributed by atoms with Gasteiger partial charge in [-0.25, -0.2) is 9.69 Å². The van der Waals surface area contributed by atoms with Crippen LogP contribution in [-0.4, -0.2) is 43.3 Å². The Labute approximate surface area is 170 Å². The number of likely N-dealkylation sites (tertiary alicyclic amines) is 1. The highest BCUT2D eigenvalue weighted by Crippen LogP contribution is 2.34. The van der Waals surface area contributed by atoms with Gasteiger partial charge in [0.1, 0.15) is 5.60 Å². The first-order valence-corrected chi connectivity index (χ1v) is 10.0. The van der Waals surface area contributed by atoms with Crippen LogP contribution in [0.1, 0.15) is 72.8 Å². The molecule has 1 aromatic rings. The molecule has 0 aromatic heterocycles. The highest BCUT2D eigenvalue weighted by molar-refractivity contribution is 5.92. The zero-order chi connectivity index (χ0) is 21.9. The monoisotopic (exact) mass is 395 g/mol. The summed E-state index contributed by atoms with van der Waals surface area (Å²) >= 11 is 0. The van der Waals surface area contributed by atoms with Crippen molar-refractivity contribution in [3.8, 4) is 11.5 Å². The molecule has 2 amide bonds. The van der Waals surface area contributed by atoms with Gasteiger partial charge in [-0.1, -0.05) is 33.8 Å². The SMILES string of the molecule is CC.CC.COc1ccc([C@@H]2CCC(=O)N(C(=O)OC(C)(C)C)C2)cc1OC. The van der Waals surface area contributed by atoms with E-state index in [0.717, 1.165) is 5.56 Å². The van der Waals surface area contributed by atoms with Gasteiger partial charge in [0.2, 0.25) is 5.91 Å². The second-order valence-corrected chi connectivity index (χ2v) is 6.83. The van der Waals surface area contributed by atoms with Crippen LogP contribution in [-0.2, 0) is 9.53 Å². The molecule has 0 aliphatic carbocycles. The van der Waals surface area contributed by atoms with Gasteiger partial charge in [-0.05, 0) is 44.9 Å². The first-order valence-electron chi connectivity index (χ1n) is 10.0. The summed E-state index contributed by atoms with van der Waals surface area (Å²) < 4.78 is 15.9. The molecule has 0 N–H and O–H groups in total. The third-order valence-electron chi connectivity index (χ3n) is 3.90. The van der Waals surface area contributed by atoms with Crippen LogP contribution in [0.25, 0.3) is 0 Å². The second kappa shape index (κ2) is 12.3. The summed E-state index contributed by atoms with van der Waals surface area (Å²) in [5, 5.41) is 0. The lowest BCUT2D eigenvalue weighted by Gasteiger charge is -2.33. The molecular weight excluding hydrogens is 358 g/mol. The van der Waals surface area contributed by atoms with Crippen molar-refractivity contribution in [1.29, 1.82) is 0 Å². The van der Waals surface area contributed by atoms with Crippen molar-refractivity contribution < 1.29 is 23.8 Å². The van der Waals surface area contributed by atoms with E-state index in [-0.39, 0.29) is 11.8 Å². The molecule has 160 valence electrons. The van der Waals surface area contributed by atoms with Gasteiger partial charge >= 0.3 is 6.09 Å². The molecule has 28 heavy (non-hydrogen) atoms. The highest BCUT2D eigenvalue weighted by atomic mass is 16.6. The van der Waals surface area contributed by atoms with E-state index in [1.807, 2.05) is 45.9 Å². The topological polar surface area (TPSA) is 65.1 Å². The van der Waals surface area contributed by atoms with Gasteiger partial charge in [0.15, 0.2) is 11.5 Å². The van der Waals surface area contributed by atoms with Gasteiger partial charge < -0.3 is 14.2 Å². The Bertz CT molecular complexity index is 622. The first kappa shape index (κ1) is 25.8. The number of methoxy groups -OCH3 is 2. The van der Waals surface area contributed by atoms with Gasteiger partial charge in [-0.15, -0.1) is 0 Å². The molecule has 0 bridgehead atoms. The third-order valence-corrected chi connectivity index (χ3v) is 3.90. The van der Waals surface area contributed by atoms with Crippen LogP contribution in [0.2, 0.25) is 0 Å². The Morgan fingerprint density at radius 2 is 1.61 bits per heavy atom.